The summed E-state index contributed by atoms with van der Waals surface area (Å²) in [5, 5.41) is 9.92. The number of pyridine rings is 1. The van der Waals surface area contributed by atoms with Crippen LogP contribution in [0.4, 0.5) is 8.78 Å². The van der Waals surface area contributed by atoms with Gasteiger partial charge < -0.3 is 14.4 Å². The third-order valence-electron chi connectivity index (χ3n) is 6.68. The molecule has 1 saturated carbocycles. The molecule has 3 aromatic rings. The largest absolute Gasteiger partial charge is 0.478 e. The van der Waals surface area contributed by atoms with E-state index in [0.29, 0.717) is 36.1 Å². The van der Waals surface area contributed by atoms with Gasteiger partial charge in [0.2, 0.25) is 0 Å². The number of rotatable bonds is 7. The van der Waals surface area contributed by atoms with E-state index in [1.54, 1.807) is 22.8 Å². The number of alkyl halides is 2. The number of halogens is 2. The minimum absolute atomic E-state index is 0.0455. The molecule has 0 radical (unpaired) electrons. The van der Waals surface area contributed by atoms with Gasteiger partial charge in [-0.1, -0.05) is 12.1 Å². The summed E-state index contributed by atoms with van der Waals surface area (Å²) in [5.41, 5.74) is 4.42. The maximum Gasteiger partial charge on any atom is 0.400 e. The molecule has 0 aliphatic heterocycles. The van der Waals surface area contributed by atoms with Crippen LogP contribution in [0.2, 0.25) is 0 Å². The van der Waals surface area contributed by atoms with Crippen LogP contribution in [0.25, 0.3) is 28.1 Å². The van der Waals surface area contributed by atoms with Gasteiger partial charge in [-0.2, -0.15) is 8.78 Å². The van der Waals surface area contributed by atoms with E-state index in [1.807, 2.05) is 19.1 Å². The highest BCUT2D eigenvalue weighted by Crippen LogP contribution is 2.46. The number of benzene rings is 2. The Labute approximate surface area is 195 Å². The summed E-state index contributed by atoms with van der Waals surface area (Å²) in [6, 6.07) is 10.3. The predicted octanol–water partition coefficient (Wildman–Crippen LogP) is 5.66. The van der Waals surface area contributed by atoms with Crippen LogP contribution in [0.1, 0.15) is 42.9 Å². The average molecular weight is 465 g/mol. The van der Waals surface area contributed by atoms with E-state index in [1.165, 1.54) is 12.1 Å². The van der Waals surface area contributed by atoms with Crippen molar-refractivity contribution in [3.63, 3.8) is 0 Å². The van der Waals surface area contributed by atoms with E-state index in [0.717, 1.165) is 47.4 Å². The molecule has 5 nitrogen and oxygen atoms in total. The van der Waals surface area contributed by atoms with Gasteiger partial charge in [0.15, 0.2) is 0 Å². The van der Waals surface area contributed by atoms with Gasteiger partial charge >= 0.3 is 12.1 Å². The molecule has 34 heavy (non-hydrogen) atoms. The minimum atomic E-state index is -3.27. The minimum Gasteiger partial charge on any atom is -0.478 e. The number of ether oxygens (including phenoxy) is 1. The van der Waals surface area contributed by atoms with Crippen LogP contribution < -0.4 is 10.3 Å². The Morgan fingerprint density at radius 3 is 2.65 bits per heavy atom. The summed E-state index contributed by atoms with van der Waals surface area (Å²) in [5.74, 6) is -1.84. The van der Waals surface area contributed by atoms with Crippen molar-refractivity contribution < 1.29 is 23.4 Å². The molecule has 2 aliphatic carbocycles. The number of fused-ring (bicyclic) bond motifs is 3. The van der Waals surface area contributed by atoms with Crippen LogP contribution in [-0.4, -0.2) is 21.8 Å². The molecule has 0 saturated heterocycles. The van der Waals surface area contributed by atoms with Gasteiger partial charge in [-0.3, -0.25) is 4.79 Å². The Bertz CT molecular complexity index is 1390. The molecule has 2 aromatic carbocycles. The molecule has 0 unspecified atom stereocenters. The van der Waals surface area contributed by atoms with E-state index in [9.17, 15) is 18.4 Å². The van der Waals surface area contributed by atoms with E-state index in [-0.39, 0.29) is 11.3 Å². The summed E-state index contributed by atoms with van der Waals surface area (Å²) >= 11 is 0. The zero-order valence-corrected chi connectivity index (χ0v) is 18.8. The molecular formula is C27H25F2NO4. The molecule has 7 heteroatoms. The Morgan fingerprint density at radius 2 is 1.94 bits per heavy atom. The van der Waals surface area contributed by atoms with Crippen molar-refractivity contribution in [2.24, 2.45) is 5.92 Å². The molecule has 5 rings (SSSR count). The second-order valence-corrected chi connectivity index (χ2v) is 8.96. The third kappa shape index (κ3) is 4.00. The Morgan fingerprint density at radius 1 is 1.18 bits per heavy atom. The van der Waals surface area contributed by atoms with E-state index in [2.05, 4.69) is 0 Å². The van der Waals surface area contributed by atoms with Crippen molar-refractivity contribution in [1.82, 2.24) is 4.57 Å². The van der Waals surface area contributed by atoms with Crippen molar-refractivity contribution in [2.45, 2.75) is 51.7 Å². The van der Waals surface area contributed by atoms with Crippen molar-refractivity contribution >= 4 is 22.9 Å². The molecule has 176 valence electrons. The first kappa shape index (κ1) is 22.3. The molecule has 0 bridgehead atoms. The van der Waals surface area contributed by atoms with Crippen LogP contribution in [0.15, 0.2) is 47.3 Å². The topological polar surface area (TPSA) is 68.5 Å². The highest BCUT2D eigenvalue weighted by Gasteiger charge is 2.49. The normalized spacial score (nSPS) is 15.7. The smallest absolute Gasteiger partial charge is 0.400 e. The maximum absolute atomic E-state index is 14.6. The maximum atomic E-state index is 14.6. The Balaban J connectivity index is 1.68. The van der Waals surface area contributed by atoms with E-state index >= 15 is 0 Å². The molecule has 1 N–H and O–H groups in total. The number of carbonyl (C=O) groups is 1. The molecule has 1 fully saturated rings. The molecule has 1 heterocycles. The van der Waals surface area contributed by atoms with Crippen LogP contribution in [0.3, 0.4) is 0 Å². The number of hydrogen-bond donors (Lipinski definition) is 1. The van der Waals surface area contributed by atoms with Gasteiger partial charge in [-0.15, -0.1) is 0 Å². The average Bonchev–Trinajstić information content (AvgIpc) is 3.56. The van der Waals surface area contributed by atoms with Gasteiger partial charge in [0.1, 0.15) is 5.75 Å². The standard InChI is InChI=1S/C27H25F2NO4/c1-2-30-23-11-8-17(15-22(23)19-4-3-5-20(19)26(30)33)21-14-16(7-13-25(31)32)6-12-24(21)34-27(28,29)18-9-10-18/h6-8,11-15,18H,2-5,9-10H2,1H3,(H,31,32)/b13-7+. The van der Waals surface area contributed by atoms with Crippen LogP contribution in [0.5, 0.6) is 5.75 Å². The van der Waals surface area contributed by atoms with Crippen LogP contribution >= 0.6 is 0 Å². The number of nitrogens with zero attached hydrogens (tertiary/aromatic N) is 1. The second kappa shape index (κ2) is 8.38. The lowest BCUT2D eigenvalue weighted by molar-refractivity contribution is -0.192. The summed E-state index contributed by atoms with van der Waals surface area (Å²) in [6.45, 7) is 2.47. The van der Waals surface area contributed by atoms with Gasteiger partial charge in [0.25, 0.3) is 5.56 Å². The van der Waals surface area contributed by atoms with Gasteiger partial charge in [0, 0.05) is 29.1 Å². The lowest BCUT2D eigenvalue weighted by Crippen LogP contribution is -2.27. The molecule has 0 amide bonds. The Kier molecular flexibility index (Phi) is 5.50. The number of carboxylic acids is 1. The van der Waals surface area contributed by atoms with Crippen molar-refractivity contribution in [2.75, 3.05) is 0 Å². The second-order valence-electron chi connectivity index (χ2n) is 8.96. The summed E-state index contributed by atoms with van der Waals surface area (Å²) in [4.78, 5) is 23.9. The van der Waals surface area contributed by atoms with E-state index < -0.39 is 18.0 Å². The third-order valence-corrected chi connectivity index (χ3v) is 6.68. The van der Waals surface area contributed by atoms with Crippen molar-refractivity contribution in [3.8, 4) is 16.9 Å². The van der Waals surface area contributed by atoms with Gasteiger partial charge in [-0.25, -0.2) is 4.79 Å². The lowest BCUT2D eigenvalue weighted by atomic mass is 9.97. The monoisotopic (exact) mass is 465 g/mol. The highest BCUT2D eigenvalue weighted by molar-refractivity contribution is 5.90. The molecular weight excluding hydrogens is 440 g/mol. The first-order chi connectivity index (χ1) is 16.3. The summed E-state index contributed by atoms with van der Waals surface area (Å²) in [7, 11) is 0. The number of hydrogen-bond acceptors (Lipinski definition) is 3. The number of carboxylic acid groups (broad SMARTS) is 1. The zero-order valence-electron chi connectivity index (χ0n) is 18.8. The fourth-order valence-electron chi connectivity index (χ4n) is 4.83. The quantitative estimate of drug-likeness (QED) is 0.458. The first-order valence-electron chi connectivity index (χ1n) is 11.6. The van der Waals surface area contributed by atoms with Crippen molar-refractivity contribution in [1.29, 1.82) is 0 Å². The van der Waals surface area contributed by atoms with Gasteiger partial charge in [0.05, 0.1) is 11.4 Å². The van der Waals surface area contributed by atoms with Crippen molar-refractivity contribution in [3.05, 3.63) is 69.5 Å². The van der Waals surface area contributed by atoms with E-state index in [4.69, 9.17) is 9.84 Å². The fourth-order valence-corrected chi connectivity index (χ4v) is 4.83. The summed E-state index contributed by atoms with van der Waals surface area (Å²) in [6.07, 6.45) is 2.47. The zero-order chi connectivity index (χ0) is 24.0. The SMILES string of the molecule is CCn1c(=O)c2c(c3cc(-c4cc(/C=C/C(=O)O)ccc4OC(F)(F)C4CC4)ccc31)CCC2. The van der Waals surface area contributed by atoms with Gasteiger partial charge in [-0.05, 0) is 86.1 Å². The van der Waals surface area contributed by atoms with Crippen LogP contribution in [-0.2, 0) is 24.2 Å². The fraction of sp³-hybridized carbons (Fsp3) is 0.333. The number of aromatic nitrogens is 1. The molecule has 0 atom stereocenters. The lowest BCUT2D eigenvalue weighted by Gasteiger charge is -2.21. The highest BCUT2D eigenvalue weighted by atomic mass is 19.3. The predicted molar refractivity (Wildman–Crippen MR) is 126 cm³/mol. The molecule has 0 spiro atoms. The summed E-state index contributed by atoms with van der Waals surface area (Å²) < 4.78 is 36.1. The first-order valence-corrected chi connectivity index (χ1v) is 11.6. The molecule has 2 aliphatic rings. The number of aliphatic carboxylic acids is 1. The molecule has 1 aromatic heterocycles. The number of aryl methyl sites for hydroxylation is 2. The Hall–Kier alpha value is -3.48. The van der Waals surface area contributed by atoms with Crippen LogP contribution in [0, 0.1) is 5.92 Å².